The van der Waals surface area contributed by atoms with E-state index in [0.29, 0.717) is 13.0 Å². The molecule has 1 fully saturated rings. The van der Waals surface area contributed by atoms with Gasteiger partial charge in [0.25, 0.3) is 5.91 Å². The molecule has 11 heteroatoms. The zero-order chi connectivity index (χ0) is 22.4. The van der Waals surface area contributed by atoms with Crippen LogP contribution < -0.4 is 15.6 Å². The minimum atomic E-state index is -3.82. The number of hydrogen-bond donors (Lipinski definition) is 2. The van der Waals surface area contributed by atoms with Gasteiger partial charge in [0, 0.05) is 6.20 Å². The van der Waals surface area contributed by atoms with Crippen LogP contribution in [0, 0.1) is 5.82 Å². The number of hydrazine groups is 1. The molecule has 1 aliphatic heterocycles. The number of nitrogens with two attached hydrogens (primary N) is 1. The topological polar surface area (TPSA) is 109 Å². The standard InChI is InChI=1S/C20H25ClFN5O3S/c21-17-13-15(6-7-18(17)22)27(14-19-16(20(28)25-23)5-3-8-24-19)31(29,30)12-4-11-26-9-1-2-10-26/h3,5-8,13H,1-2,4,9-12,14,23H2,(H,25,28). The number of nitrogen functional groups attached to an aromatic ring is 1. The summed E-state index contributed by atoms with van der Waals surface area (Å²) < 4.78 is 41.3. The fourth-order valence-corrected chi connectivity index (χ4v) is 5.20. The second-order valence-electron chi connectivity index (χ2n) is 7.29. The van der Waals surface area contributed by atoms with E-state index in [1.165, 1.54) is 24.4 Å². The highest BCUT2D eigenvalue weighted by Crippen LogP contribution is 2.27. The average molecular weight is 470 g/mol. The zero-order valence-electron chi connectivity index (χ0n) is 16.9. The van der Waals surface area contributed by atoms with E-state index in [4.69, 9.17) is 17.4 Å². The molecule has 168 valence electrons. The van der Waals surface area contributed by atoms with Crippen molar-refractivity contribution in [2.45, 2.75) is 25.8 Å². The minimum absolute atomic E-state index is 0.107. The summed E-state index contributed by atoms with van der Waals surface area (Å²) in [5.41, 5.74) is 2.59. The molecule has 3 rings (SSSR count). The van der Waals surface area contributed by atoms with Gasteiger partial charge in [-0.2, -0.15) is 0 Å². The Labute approximate surface area is 186 Å². The third kappa shape index (κ3) is 5.91. The maximum Gasteiger partial charge on any atom is 0.267 e. The molecule has 0 spiro atoms. The second kappa shape index (κ2) is 10.4. The Morgan fingerprint density at radius 3 is 2.71 bits per heavy atom. The quantitative estimate of drug-likeness (QED) is 0.331. The smallest absolute Gasteiger partial charge is 0.267 e. The van der Waals surface area contributed by atoms with Crippen LogP contribution in [0.25, 0.3) is 0 Å². The van der Waals surface area contributed by atoms with E-state index in [1.807, 2.05) is 5.43 Å². The Bertz CT molecular complexity index is 1030. The predicted molar refractivity (Wildman–Crippen MR) is 118 cm³/mol. The van der Waals surface area contributed by atoms with E-state index in [0.717, 1.165) is 36.3 Å². The van der Waals surface area contributed by atoms with E-state index in [9.17, 15) is 17.6 Å². The molecule has 2 heterocycles. The van der Waals surface area contributed by atoms with Crippen molar-refractivity contribution in [1.82, 2.24) is 15.3 Å². The number of aromatic nitrogens is 1. The maximum atomic E-state index is 13.7. The molecule has 0 radical (unpaired) electrons. The van der Waals surface area contributed by atoms with Crippen LogP contribution in [0.1, 0.15) is 35.3 Å². The summed E-state index contributed by atoms with van der Waals surface area (Å²) in [5, 5.41) is -0.198. The number of nitrogens with one attached hydrogen (secondary N) is 1. The molecule has 31 heavy (non-hydrogen) atoms. The average Bonchev–Trinajstić information content (AvgIpc) is 3.27. The number of rotatable bonds is 9. The monoisotopic (exact) mass is 469 g/mol. The third-order valence-electron chi connectivity index (χ3n) is 5.16. The van der Waals surface area contributed by atoms with Crippen molar-refractivity contribution in [1.29, 1.82) is 0 Å². The van der Waals surface area contributed by atoms with Crippen LogP contribution in [-0.2, 0) is 16.6 Å². The van der Waals surface area contributed by atoms with Gasteiger partial charge in [-0.3, -0.25) is 19.5 Å². The summed E-state index contributed by atoms with van der Waals surface area (Å²) >= 11 is 5.91. The highest BCUT2D eigenvalue weighted by molar-refractivity contribution is 7.92. The first kappa shape index (κ1) is 23.4. The van der Waals surface area contributed by atoms with Crippen molar-refractivity contribution in [3.05, 3.63) is 58.6 Å². The van der Waals surface area contributed by atoms with Crippen LogP contribution in [-0.4, -0.2) is 49.6 Å². The Morgan fingerprint density at radius 2 is 2.03 bits per heavy atom. The van der Waals surface area contributed by atoms with Gasteiger partial charge in [0.2, 0.25) is 10.0 Å². The lowest BCUT2D eigenvalue weighted by atomic mass is 10.1. The summed E-state index contributed by atoms with van der Waals surface area (Å²) in [4.78, 5) is 18.5. The molecule has 2 aromatic rings. The number of benzene rings is 1. The molecule has 1 amide bonds. The molecule has 1 aliphatic rings. The minimum Gasteiger partial charge on any atom is -0.303 e. The Hall–Kier alpha value is -2.27. The lowest BCUT2D eigenvalue weighted by Gasteiger charge is -2.26. The highest BCUT2D eigenvalue weighted by Gasteiger charge is 2.26. The maximum absolute atomic E-state index is 13.7. The van der Waals surface area contributed by atoms with Crippen molar-refractivity contribution in [2.75, 3.05) is 29.7 Å². The van der Waals surface area contributed by atoms with Crippen LogP contribution in [0.15, 0.2) is 36.5 Å². The largest absolute Gasteiger partial charge is 0.303 e. The number of carbonyl (C=O) groups excluding carboxylic acids is 1. The summed E-state index contributed by atoms with van der Waals surface area (Å²) in [7, 11) is -3.82. The fraction of sp³-hybridized carbons (Fsp3) is 0.400. The molecular formula is C20H25ClFN5O3S. The number of carbonyl (C=O) groups is 1. The highest BCUT2D eigenvalue weighted by atomic mass is 35.5. The first-order valence-corrected chi connectivity index (χ1v) is 11.9. The summed E-state index contributed by atoms with van der Waals surface area (Å²) in [6.45, 7) is 2.41. The molecule has 8 nitrogen and oxygen atoms in total. The van der Waals surface area contributed by atoms with Gasteiger partial charge in [0.15, 0.2) is 0 Å². The molecule has 0 aliphatic carbocycles. The van der Waals surface area contributed by atoms with Crippen molar-refractivity contribution in [3.8, 4) is 0 Å². The molecule has 0 atom stereocenters. The number of halogens is 2. The van der Waals surface area contributed by atoms with E-state index < -0.39 is 21.7 Å². The van der Waals surface area contributed by atoms with Crippen molar-refractivity contribution < 1.29 is 17.6 Å². The molecule has 1 aromatic carbocycles. The van der Waals surface area contributed by atoms with Gasteiger partial charge in [0.1, 0.15) is 5.82 Å². The number of pyridine rings is 1. The van der Waals surface area contributed by atoms with Gasteiger partial charge < -0.3 is 4.90 Å². The number of nitrogens with zero attached hydrogens (tertiary/aromatic N) is 3. The Kier molecular flexibility index (Phi) is 7.82. The van der Waals surface area contributed by atoms with Gasteiger partial charge in [-0.25, -0.2) is 18.7 Å². The van der Waals surface area contributed by atoms with Crippen molar-refractivity contribution in [2.24, 2.45) is 5.84 Å². The second-order valence-corrected chi connectivity index (χ2v) is 9.71. The zero-order valence-corrected chi connectivity index (χ0v) is 18.5. The summed E-state index contributed by atoms with van der Waals surface area (Å²) in [5.74, 6) is 3.89. The Morgan fingerprint density at radius 1 is 1.29 bits per heavy atom. The SMILES string of the molecule is NNC(=O)c1cccnc1CN(c1ccc(F)c(Cl)c1)S(=O)(=O)CCCN1CCCC1. The van der Waals surface area contributed by atoms with Gasteiger partial charge in [-0.1, -0.05) is 11.6 Å². The third-order valence-corrected chi connectivity index (χ3v) is 7.27. The summed E-state index contributed by atoms with van der Waals surface area (Å²) in [6.07, 6.45) is 4.15. The molecular weight excluding hydrogens is 445 g/mol. The van der Waals surface area contributed by atoms with Gasteiger partial charge in [-0.15, -0.1) is 0 Å². The van der Waals surface area contributed by atoms with Crippen molar-refractivity contribution >= 4 is 33.2 Å². The van der Waals surface area contributed by atoms with Crippen LogP contribution in [0.3, 0.4) is 0 Å². The molecule has 1 saturated heterocycles. The van der Waals surface area contributed by atoms with E-state index in [-0.39, 0.29) is 34.3 Å². The van der Waals surface area contributed by atoms with Crippen LogP contribution in [0.4, 0.5) is 10.1 Å². The number of hydrogen-bond acceptors (Lipinski definition) is 6. The van der Waals surface area contributed by atoms with Crippen molar-refractivity contribution in [3.63, 3.8) is 0 Å². The van der Waals surface area contributed by atoms with Gasteiger partial charge in [-0.05, 0) is 69.2 Å². The number of anilines is 1. The van der Waals surface area contributed by atoms with Crippen LogP contribution in [0.2, 0.25) is 5.02 Å². The van der Waals surface area contributed by atoms with E-state index >= 15 is 0 Å². The molecule has 0 unspecified atom stereocenters. The molecule has 1 aromatic heterocycles. The van der Waals surface area contributed by atoms with Crippen LogP contribution in [0.5, 0.6) is 0 Å². The van der Waals surface area contributed by atoms with Gasteiger partial charge in [0.05, 0.1) is 34.3 Å². The van der Waals surface area contributed by atoms with E-state index in [2.05, 4.69) is 9.88 Å². The summed E-state index contributed by atoms with van der Waals surface area (Å²) in [6, 6.07) is 6.75. The molecule has 3 N–H and O–H groups in total. The number of likely N-dealkylation sites (tertiary alicyclic amines) is 1. The van der Waals surface area contributed by atoms with Gasteiger partial charge >= 0.3 is 0 Å². The van der Waals surface area contributed by atoms with E-state index in [1.54, 1.807) is 6.07 Å². The first-order valence-electron chi connectivity index (χ1n) is 9.94. The molecule has 0 saturated carbocycles. The lowest BCUT2D eigenvalue weighted by molar-refractivity contribution is 0.0952. The fourth-order valence-electron chi connectivity index (χ4n) is 3.56. The molecule has 0 bridgehead atoms. The van der Waals surface area contributed by atoms with Crippen LogP contribution >= 0.6 is 11.6 Å². The number of amides is 1. The lowest BCUT2D eigenvalue weighted by Crippen LogP contribution is -2.36. The predicted octanol–water partition coefficient (Wildman–Crippen LogP) is 2.30. The number of sulfonamides is 1. The Balaban J connectivity index is 1.89. The first-order chi connectivity index (χ1) is 14.8. The normalized spacial score (nSPS) is 14.5.